The number of carbonyl (C=O) groups excluding carboxylic acids is 1. The van der Waals surface area contributed by atoms with E-state index in [2.05, 4.69) is 6.08 Å². The summed E-state index contributed by atoms with van der Waals surface area (Å²) >= 11 is 0. The van der Waals surface area contributed by atoms with Crippen LogP contribution in [-0.2, 0) is 9.57 Å². The van der Waals surface area contributed by atoms with Gasteiger partial charge in [-0.1, -0.05) is 12.1 Å². The predicted octanol–water partition coefficient (Wildman–Crippen LogP) is 3.51. The molecule has 1 fully saturated rings. The molecule has 0 unspecified atom stereocenters. The summed E-state index contributed by atoms with van der Waals surface area (Å²) in [5, 5.41) is 1.37. The van der Waals surface area contributed by atoms with Gasteiger partial charge in [0.25, 0.3) is 0 Å². The lowest BCUT2D eigenvalue weighted by molar-refractivity contribution is -0.210. The van der Waals surface area contributed by atoms with Crippen LogP contribution in [0.25, 0.3) is 5.57 Å². The number of fused-ring (bicyclic) bond motifs is 3. The highest BCUT2D eigenvalue weighted by atomic mass is 16.7. The number of nitrogens with zero attached hydrogens (tertiary/aromatic N) is 1. The van der Waals surface area contributed by atoms with E-state index in [-0.39, 0.29) is 18.9 Å². The summed E-state index contributed by atoms with van der Waals surface area (Å²) < 4.78 is 16.2. The first kappa shape index (κ1) is 15.3. The molecule has 6 nitrogen and oxygen atoms in total. The van der Waals surface area contributed by atoms with E-state index >= 15 is 0 Å². The molecule has 128 valence electrons. The standard InChI is InChI=1S/C18H21NO5/c1-18(2,3)23-17(20)19-12-5-7-14(24-19)13(9-12)11-4-6-15-16(8-11)22-10-21-15/h4,6,8-9,12,14H,5,7,10H2,1-3H3/t12-,14+/m0/s1. The molecule has 6 heteroatoms. The third-order valence-corrected chi connectivity index (χ3v) is 4.26. The van der Waals surface area contributed by atoms with Crippen LogP contribution in [0.15, 0.2) is 24.3 Å². The molecule has 4 aliphatic rings. The molecule has 2 bridgehead atoms. The minimum atomic E-state index is -0.541. The van der Waals surface area contributed by atoms with E-state index in [4.69, 9.17) is 19.0 Å². The first-order valence-corrected chi connectivity index (χ1v) is 8.21. The van der Waals surface area contributed by atoms with Gasteiger partial charge in [0, 0.05) is 0 Å². The third-order valence-electron chi connectivity index (χ3n) is 4.26. The third kappa shape index (κ3) is 2.71. The van der Waals surface area contributed by atoms with Crippen molar-refractivity contribution in [1.82, 2.24) is 5.06 Å². The predicted molar refractivity (Wildman–Crippen MR) is 86.5 cm³/mol. The Bertz CT molecular complexity index is 706. The van der Waals surface area contributed by atoms with Crippen molar-refractivity contribution in [3.8, 4) is 11.5 Å². The van der Waals surface area contributed by atoms with E-state index < -0.39 is 11.7 Å². The maximum absolute atomic E-state index is 12.3. The van der Waals surface area contributed by atoms with Crippen molar-refractivity contribution >= 4 is 11.7 Å². The van der Waals surface area contributed by atoms with Gasteiger partial charge in [0.05, 0.1) is 6.04 Å². The number of carbonyl (C=O) groups is 1. The molecular weight excluding hydrogens is 310 g/mol. The van der Waals surface area contributed by atoms with Crippen LogP contribution in [0, 0.1) is 0 Å². The van der Waals surface area contributed by atoms with Crippen LogP contribution in [0.2, 0.25) is 0 Å². The SMILES string of the molecule is CC(C)(C)OC(=O)N1O[C@@H]2CC[C@H]1C=C2c1ccc2c(c1)OCO2. The fourth-order valence-corrected chi connectivity index (χ4v) is 3.23. The lowest BCUT2D eigenvalue weighted by atomic mass is 9.87. The molecule has 2 atom stereocenters. The number of hydrogen-bond donors (Lipinski definition) is 0. The van der Waals surface area contributed by atoms with Crippen LogP contribution in [0.5, 0.6) is 11.5 Å². The van der Waals surface area contributed by atoms with Crippen LogP contribution >= 0.6 is 0 Å². The van der Waals surface area contributed by atoms with Gasteiger partial charge in [0.15, 0.2) is 11.5 Å². The Morgan fingerprint density at radius 1 is 1.21 bits per heavy atom. The summed E-state index contributed by atoms with van der Waals surface area (Å²) in [6, 6.07) is 5.77. The second-order valence-electron chi connectivity index (χ2n) is 7.23. The van der Waals surface area contributed by atoms with Gasteiger partial charge >= 0.3 is 6.09 Å². The molecule has 0 spiro atoms. The molecule has 0 radical (unpaired) electrons. The van der Waals surface area contributed by atoms with Crippen LogP contribution in [0.3, 0.4) is 0 Å². The summed E-state index contributed by atoms with van der Waals surface area (Å²) in [7, 11) is 0. The van der Waals surface area contributed by atoms with Crippen LogP contribution in [0.1, 0.15) is 39.2 Å². The zero-order valence-corrected chi connectivity index (χ0v) is 14.1. The zero-order chi connectivity index (χ0) is 16.9. The van der Waals surface area contributed by atoms with Gasteiger partial charge in [-0.05, 0) is 56.9 Å². The van der Waals surface area contributed by atoms with Crippen molar-refractivity contribution < 1.29 is 23.8 Å². The Morgan fingerprint density at radius 2 is 2.00 bits per heavy atom. The van der Waals surface area contributed by atoms with Gasteiger partial charge < -0.3 is 14.2 Å². The second kappa shape index (κ2) is 5.41. The molecule has 1 aromatic rings. The van der Waals surface area contributed by atoms with Crippen molar-refractivity contribution in [2.24, 2.45) is 0 Å². The van der Waals surface area contributed by atoms with E-state index in [1.165, 1.54) is 5.06 Å². The highest BCUT2D eigenvalue weighted by Crippen LogP contribution is 2.41. The van der Waals surface area contributed by atoms with Crippen molar-refractivity contribution in [2.75, 3.05) is 6.79 Å². The molecule has 0 saturated carbocycles. The molecule has 1 amide bonds. The van der Waals surface area contributed by atoms with E-state index in [0.717, 1.165) is 35.5 Å². The number of ether oxygens (including phenoxy) is 3. The molecular formula is C18H21NO5. The van der Waals surface area contributed by atoms with Crippen LogP contribution in [0.4, 0.5) is 4.79 Å². The smallest absolute Gasteiger partial charge is 0.435 e. The molecule has 24 heavy (non-hydrogen) atoms. The second-order valence-corrected chi connectivity index (χ2v) is 7.23. The average Bonchev–Trinajstić information content (AvgIpc) is 3.01. The van der Waals surface area contributed by atoms with E-state index in [1.54, 1.807) is 0 Å². The highest BCUT2D eigenvalue weighted by molar-refractivity contribution is 5.76. The highest BCUT2D eigenvalue weighted by Gasteiger charge is 2.41. The summed E-state index contributed by atoms with van der Waals surface area (Å²) in [5.74, 6) is 1.51. The monoisotopic (exact) mass is 331 g/mol. The number of hydroxylamine groups is 2. The number of hydrogen-bond acceptors (Lipinski definition) is 5. The largest absolute Gasteiger partial charge is 0.454 e. The maximum Gasteiger partial charge on any atom is 0.435 e. The Kier molecular flexibility index (Phi) is 3.46. The molecule has 1 aliphatic carbocycles. The average molecular weight is 331 g/mol. The zero-order valence-electron chi connectivity index (χ0n) is 14.1. The van der Waals surface area contributed by atoms with Crippen molar-refractivity contribution in [2.45, 2.75) is 51.4 Å². The summed E-state index contributed by atoms with van der Waals surface area (Å²) in [4.78, 5) is 18.2. The fraction of sp³-hybridized carbons (Fsp3) is 0.500. The molecule has 3 heterocycles. The summed E-state index contributed by atoms with van der Waals surface area (Å²) in [6.45, 7) is 5.80. The van der Waals surface area contributed by atoms with Gasteiger partial charge in [-0.15, -0.1) is 0 Å². The molecule has 1 aromatic carbocycles. The summed E-state index contributed by atoms with van der Waals surface area (Å²) in [6.07, 6.45) is 3.27. The quantitative estimate of drug-likeness (QED) is 0.788. The lowest BCUT2D eigenvalue weighted by Crippen LogP contribution is -2.51. The fourth-order valence-electron chi connectivity index (χ4n) is 3.23. The van der Waals surface area contributed by atoms with Crippen molar-refractivity contribution in [3.05, 3.63) is 29.8 Å². The Morgan fingerprint density at radius 3 is 2.71 bits per heavy atom. The van der Waals surface area contributed by atoms with Gasteiger partial charge in [-0.3, -0.25) is 4.84 Å². The number of rotatable bonds is 1. The first-order chi connectivity index (χ1) is 11.4. The van der Waals surface area contributed by atoms with E-state index in [9.17, 15) is 4.79 Å². The molecule has 1 saturated heterocycles. The number of benzene rings is 1. The normalized spacial score (nSPS) is 24.8. The van der Waals surface area contributed by atoms with Crippen molar-refractivity contribution in [3.63, 3.8) is 0 Å². The maximum atomic E-state index is 12.3. The van der Waals surface area contributed by atoms with E-state index in [0.29, 0.717) is 0 Å². The first-order valence-electron chi connectivity index (χ1n) is 8.21. The Hall–Kier alpha value is -2.21. The van der Waals surface area contributed by atoms with Gasteiger partial charge in [0.2, 0.25) is 6.79 Å². The topological polar surface area (TPSA) is 57.2 Å². The minimum Gasteiger partial charge on any atom is -0.454 e. The molecule has 0 aromatic heterocycles. The lowest BCUT2D eigenvalue weighted by Gasteiger charge is -2.43. The Balaban J connectivity index is 1.57. The summed E-state index contributed by atoms with van der Waals surface area (Å²) in [5.41, 5.74) is 1.59. The molecule has 5 rings (SSSR count). The minimum absolute atomic E-state index is 0.106. The van der Waals surface area contributed by atoms with Gasteiger partial charge in [-0.25, -0.2) is 4.79 Å². The number of amides is 1. The molecule has 3 aliphatic heterocycles. The van der Waals surface area contributed by atoms with E-state index in [1.807, 2.05) is 39.0 Å². The molecule has 0 N–H and O–H groups in total. The van der Waals surface area contributed by atoms with Gasteiger partial charge in [0.1, 0.15) is 11.7 Å². The van der Waals surface area contributed by atoms with Crippen molar-refractivity contribution in [1.29, 1.82) is 0 Å². The van der Waals surface area contributed by atoms with Crippen LogP contribution < -0.4 is 9.47 Å². The Labute approximate surface area is 140 Å². The van der Waals surface area contributed by atoms with Crippen LogP contribution in [-0.4, -0.2) is 35.7 Å². The van der Waals surface area contributed by atoms with Gasteiger partial charge in [-0.2, -0.15) is 5.06 Å².